The molecule has 0 aliphatic carbocycles. The standard InChI is InChI=1S/C21H23F3N2O5S/c1-14-2-8-19(9-3-14)32(29,30)26-11-10-15(12-17(26)13-27)20(28)25-16-4-6-18(7-5-16)31-21(22,23)24/h2-9,15,17,27H,10-13H2,1H3,(H,25,28). The topological polar surface area (TPSA) is 95.9 Å². The Morgan fingerprint density at radius 3 is 2.34 bits per heavy atom. The van der Waals surface area contributed by atoms with Crippen LogP contribution in [0.25, 0.3) is 0 Å². The normalized spacial score (nSPS) is 20.0. The van der Waals surface area contributed by atoms with E-state index in [0.717, 1.165) is 17.7 Å². The Balaban J connectivity index is 1.65. The summed E-state index contributed by atoms with van der Waals surface area (Å²) >= 11 is 0. The molecule has 0 spiro atoms. The predicted octanol–water partition coefficient (Wildman–Crippen LogP) is 3.29. The molecule has 1 fully saturated rings. The van der Waals surface area contributed by atoms with Gasteiger partial charge in [0, 0.05) is 24.2 Å². The van der Waals surface area contributed by atoms with E-state index in [1.165, 1.54) is 28.6 Å². The van der Waals surface area contributed by atoms with Crippen molar-refractivity contribution in [3.05, 3.63) is 54.1 Å². The Labute approximate surface area is 183 Å². The number of ether oxygens (including phenoxy) is 1. The largest absolute Gasteiger partial charge is 0.573 e. The van der Waals surface area contributed by atoms with Gasteiger partial charge in [0.1, 0.15) is 5.75 Å². The molecule has 1 heterocycles. The Morgan fingerprint density at radius 2 is 1.78 bits per heavy atom. The highest BCUT2D eigenvalue weighted by molar-refractivity contribution is 7.89. The summed E-state index contributed by atoms with van der Waals surface area (Å²) in [6.45, 7) is 1.45. The van der Waals surface area contributed by atoms with Crippen molar-refractivity contribution in [2.45, 2.75) is 37.1 Å². The van der Waals surface area contributed by atoms with Crippen molar-refractivity contribution >= 4 is 21.6 Å². The van der Waals surface area contributed by atoms with Gasteiger partial charge in [-0.05, 0) is 56.2 Å². The molecular formula is C21H23F3N2O5S. The highest BCUT2D eigenvalue weighted by atomic mass is 32.2. The Bertz CT molecular complexity index is 1040. The number of nitrogens with one attached hydrogen (secondary N) is 1. The minimum absolute atomic E-state index is 0.0535. The molecule has 2 aromatic carbocycles. The fraction of sp³-hybridized carbons (Fsp3) is 0.381. The zero-order valence-corrected chi connectivity index (χ0v) is 18.0. The van der Waals surface area contributed by atoms with Crippen molar-refractivity contribution in [2.75, 3.05) is 18.5 Å². The lowest BCUT2D eigenvalue weighted by molar-refractivity contribution is -0.274. The number of carbonyl (C=O) groups excluding carboxylic acids is 1. The van der Waals surface area contributed by atoms with Crippen LogP contribution in [0.5, 0.6) is 5.75 Å². The fourth-order valence-electron chi connectivity index (χ4n) is 3.58. The summed E-state index contributed by atoms with van der Waals surface area (Å²) in [6, 6.07) is 10.3. The van der Waals surface area contributed by atoms with Crippen LogP contribution in [-0.2, 0) is 14.8 Å². The van der Waals surface area contributed by atoms with Crippen molar-refractivity contribution in [1.82, 2.24) is 4.31 Å². The third-order valence-electron chi connectivity index (χ3n) is 5.23. The van der Waals surface area contributed by atoms with Gasteiger partial charge in [-0.25, -0.2) is 8.42 Å². The van der Waals surface area contributed by atoms with Crippen LogP contribution in [0.1, 0.15) is 18.4 Å². The molecule has 7 nitrogen and oxygen atoms in total. The summed E-state index contributed by atoms with van der Waals surface area (Å²) in [5, 5.41) is 12.4. The molecule has 0 bridgehead atoms. The van der Waals surface area contributed by atoms with Crippen LogP contribution in [0.2, 0.25) is 0 Å². The molecule has 1 saturated heterocycles. The number of aliphatic hydroxyl groups excluding tert-OH is 1. The van der Waals surface area contributed by atoms with Crippen LogP contribution in [0.3, 0.4) is 0 Å². The van der Waals surface area contributed by atoms with E-state index in [1.807, 2.05) is 6.92 Å². The van der Waals surface area contributed by atoms with Gasteiger partial charge >= 0.3 is 6.36 Å². The molecule has 3 rings (SSSR count). The van der Waals surface area contributed by atoms with E-state index in [0.29, 0.717) is 0 Å². The molecule has 1 amide bonds. The quantitative estimate of drug-likeness (QED) is 0.673. The second kappa shape index (κ2) is 9.47. The third kappa shape index (κ3) is 5.78. The van der Waals surface area contributed by atoms with Crippen molar-refractivity contribution in [3.8, 4) is 5.75 Å². The van der Waals surface area contributed by atoms with Crippen LogP contribution in [-0.4, -0.2) is 49.3 Å². The van der Waals surface area contributed by atoms with E-state index < -0.39 is 46.6 Å². The van der Waals surface area contributed by atoms with Gasteiger partial charge in [-0.1, -0.05) is 17.7 Å². The van der Waals surface area contributed by atoms with Crippen molar-refractivity contribution < 1.29 is 36.2 Å². The SMILES string of the molecule is Cc1ccc(S(=O)(=O)N2CCC(C(=O)Nc3ccc(OC(F)(F)F)cc3)CC2CO)cc1. The number of hydrogen-bond donors (Lipinski definition) is 2. The maximum atomic E-state index is 13.0. The number of anilines is 1. The van der Waals surface area contributed by atoms with E-state index in [9.17, 15) is 31.5 Å². The lowest BCUT2D eigenvalue weighted by atomic mass is 9.92. The molecule has 1 aliphatic rings. The number of amides is 1. The van der Waals surface area contributed by atoms with Gasteiger partial charge in [0.05, 0.1) is 11.5 Å². The number of aliphatic hydroxyl groups is 1. The highest BCUT2D eigenvalue weighted by Crippen LogP contribution is 2.30. The monoisotopic (exact) mass is 472 g/mol. The molecule has 174 valence electrons. The zero-order chi connectivity index (χ0) is 23.5. The third-order valence-corrected chi connectivity index (χ3v) is 7.19. The maximum absolute atomic E-state index is 13.0. The lowest BCUT2D eigenvalue weighted by Gasteiger charge is -2.37. The summed E-state index contributed by atoms with van der Waals surface area (Å²) in [4.78, 5) is 12.8. The van der Waals surface area contributed by atoms with Crippen LogP contribution in [0, 0.1) is 12.8 Å². The average molecular weight is 472 g/mol. The van der Waals surface area contributed by atoms with Gasteiger partial charge in [-0.15, -0.1) is 13.2 Å². The van der Waals surface area contributed by atoms with Gasteiger partial charge in [-0.2, -0.15) is 4.31 Å². The second-order valence-electron chi connectivity index (χ2n) is 7.55. The van der Waals surface area contributed by atoms with Crippen LogP contribution < -0.4 is 10.1 Å². The number of piperidine rings is 1. The molecule has 1 aliphatic heterocycles. The molecule has 32 heavy (non-hydrogen) atoms. The first-order chi connectivity index (χ1) is 15.0. The smallest absolute Gasteiger partial charge is 0.406 e. The van der Waals surface area contributed by atoms with Gasteiger partial charge in [0.15, 0.2) is 0 Å². The number of alkyl halides is 3. The first-order valence-electron chi connectivity index (χ1n) is 9.85. The molecule has 0 saturated carbocycles. The van der Waals surface area contributed by atoms with Crippen LogP contribution in [0.15, 0.2) is 53.4 Å². The van der Waals surface area contributed by atoms with Crippen LogP contribution >= 0.6 is 0 Å². The fourth-order valence-corrected chi connectivity index (χ4v) is 5.22. The minimum atomic E-state index is -4.81. The number of aryl methyl sites for hydroxylation is 1. The van der Waals surface area contributed by atoms with Gasteiger partial charge in [0.25, 0.3) is 0 Å². The van der Waals surface area contributed by atoms with E-state index >= 15 is 0 Å². The Kier molecular flexibility index (Phi) is 7.11. The Morgan fingerprint density at radius 1 is 1.16 bits per heavy atom. The first kappa shape index (κ1) is 24.0. The second-order valence-corrected chi connectivity index (χ2v) is 9.44. The van der Waals surface area contributed by atoms with E-state index in [-0.39, 0.29) is 30.0 Å². The van der Waals surface area contributed by atoms with Gasteiger partial charge in [-0.3, -0.25) is 4.79 Å². The lowest BCUT2D eigenvalue weighted by Crippen LogP contribution is -2.49. The van der Waals surface area contributed by atoms with Crippen molar-refractivity contribution in [3.63, 3.8) is 0 Å². The number of nitrogens with zero attached hydrogens (tertiary/aromatic N) is 1. The molecule has 2 atom stereocenters. The minimum Gasteiger partial charge on any atom is -0.406 e. The molecule has 2 aromatic rings. The van der Waals surface area contributed by atoms with E-state index in [2.05, 4.69) is 10.1 Å². The molecule has 2 unspecified atom stereocenters. The van der Waals surface area contributed by atoms with Gasteiger partial charge in [0.2, 0.25) is 15.9 Å². The first-order valence-corrected chi connectivity index (χ1v) is 11.3. The number of hydrogen-bond acceptors (Lipinski definition) is 5. The molecule has 0 aromatic heterocycles. The predicted molar refractivity (Wildman–Crippen MR) is 110 cm³/mol. The number of halogens is 3. The van der Waals surface area contributed by atoms with Gasteiger partial charge < -0.3 is 15.2 Å². The molecule has 11 heteroatoms. The Hall–Kier alpha value is -2.63. The van der Waals surface area contributed by atoms with Crippen molar-refractivity contribution in [1.29, 1.82) is 0 Å². The molecule has 0 radical (unpaired) electrons. The summed E-state index contributed by atoms with van der Waals surface area (Å²) in [5.41, 5.74) is 1.19. The maximum Gasteiger partial charge on any atom is 0.573 e. The number of sulfonamides is 1. The highest BCUT2D eigenvalue weighted by Gasteiger charge is 2.38. The number of rotatable bonds is 6. The summed E-state index contributed by atoms with van der Waals surface area (Å²) in [6.07, 6.45) is -4.46. The summed E-state index contributed by atoms with van der Waals surface area (Å²) in [5.74, 6) is -1.38. The van der Waals surface area contributed by atoms with E-state index in [4.69, 9.17) is 0 Å². The van der Waals surface area contributed by atoms with E-state index in [1.54, 1.807) is 12.1 Å². The van der Waals surface area contributed by atoms with Crippen molar-refractivity contribution in [2.24, 2.45) is 5.92 Å². The summed E-state index contributed by atoms with van der Waals surface area (Å²) in [7, 11) is -3.83. The number of benzene rings is 2. The van der Waals surface area contributed by atoms with Crippen LogP contribution in [0.4, 0.5) is 18.9 Å². The molecular weight excluding hydrogens is 449 g/mol. The molecule has 2 N–H and O–H groups in total. The summed E-state index contributed by atoms with van der Waals surface area (Å²) < 4.78 is 67.7. The zero-order valence-electron chi connectivity index (χ0n) is 17.2. The average Bonchev–Trinajstić information content (AvgIpc) is 2.74. The number of carbonyl (C=O) groups is 1.